The van der Waals surface area contributed by atoms with Crippen LogP contribution in [0.3, 0.4) is 0 Å². The molecule has 0 radical (unpaired) electrons. The van der Waals surface area contributed by atoms with Crippen molar-refractivity contribution in [2.75, 3.05) is 46.1 Å². The minimum Gasteiger partial charge on any atom is -0.493 e. The van der Waals surface area contributed by atoms with Gasteiger partial charge in [-0.1, -0.05) is 200 Å². The topological polar surface area (TPSA) is 119 Å². The third kappa shape index (κ3) is 11.7. The van der Waals surface area contributed by atoms with Gasteiger partial charge in [-0.25, -0.2) is 0 Å². The quantitative estimate of drug-likeness (QED) is 0.136. The predicted molar refractivity (Wildman–Crippen MR) is 358 cm³/mol. The van der Waals surface area contributed by atoms with Crippen molar-refractivity contribution in [1.29, 1.82) is 0 Å². The van der Waals surface area contributed by atoms with Crippen LogP contribution in [0.25, 0.3) is 98.0 Å². The van der Waals surface area contributed by atoms with Gasteiger partial charge < -0.3 is 43.7 Å². The molecule has 10 heteroatoms. The summed E-state index contributed by atoms with van der Waals surface area (Å²) < 4.78 is 40.6. The fourth-order valence-corrected chi connectivity index (χ4v) is 12.9. The molecule has 3 atom stereocenters. The number of fused-ring (bicyclic) bond motifs is 18. The van der Waals surface area contributed by atoms with Gasteiger partial charge in [-0.3, -0.25) is 4.90 Å². The van der Waals surface area contributed by atoms with Crippen LogP contribution in [0, 0.1) is 0 Å². The molecule has 10 nitrogen and oxygen atoms in total. The van der Waals surface area contributed by atoms with Gasteiger partial charge in [0, 0.05) is 53.0 Å². The number of hydrogen-bond donors (Lipinski definition) is 3. The van der Waals surface area contributed by atoms with Crippen LogP contribution in [0.5, 0.6) is 34.5 Å². The van der Waals surface area contributed by atoms with Crippen molar-refractivity contribution in [2.45, 2.75) is 38.4 Å². The summed E-state index contributed by atoms with van der Waals surface area (Å²) in [5, 5.41) is 49.0. The Morgan fingerprint density at radius 2 is 0.708 bits per heavy atom. The molecule has 0 spiro atoms. The van der Waals surface area contributed by atoms with Crippen LogP contribution >= 0.6 is 0 Å². The van der Waals surface area contributed by atoms with Gasteiger partial charge in [0.2, 0.25) is 0 Å². The van der Waals surface area contributed by atoms with E-state index >= 15 is 0 Å². The number of ether oxygens (including phenoxy) is 6. The SMILES string of the molecule is CCOc1ccc2ccccc2c1-c1c(OCC(O)CN2CC(O)COc3ccc4ccccc4c3-c3c(ccc4ccccc34)OCc3cccc(c3)COc3ccc4ccccc4c3-c3c(ccc4ccccc34)OCC(O)C2)ccc2ccccc12. The zero-order chi connectivity index (χ0) is 60.2. The highest BCUT2D eigenvalue weighted by Gasteiger charge is 2.27. The molecule has 89 heavy (non-hydrogen) atoms. The second kappa shape index (κ2) is 25.4. The van der Waals surface area contributed by atoms with Crippen molar-refractivity contribution >= 4 is 64.6 Å². The molecule has 1 aliphatic rings. The van der Waals surface area contributed by atoms with E-state index in [1.807, 2.05) is 145 Å². The maximum absolute atomic E-state index is 12.3. The highest BCUT2D eigenvalue weighted by molar-refractivity contribution is 6.12. The zero-order valence-electron chi connectivity index (χ0n) is 49.4. The molecule has 442 valence electrons. The van der Waals surface area contributed by atoms with E-state index in [0.29, 0.717) is 35.4 Å². The van der Waals surface area contributed by atoms with E-state index in [1.54, 1.807) is 0 Å². The van der Waals surface area contributed by atoms with Crippen LogP contribution in [0.1, 0.15) is 18.1 Å². The van der Waals surface area contributed by atoms with Crippen LogP contribution in [0.15, 0.2) is 243 Å². The van der Waals surface area contributed by atoms with Gasteiger partial charge in [-0.15, -0.1) is 0 Å². The first-order chi connectivity index (χ1) is 43.8. The Balaban J connectivity index is 0.843. The average Bonchev–Trinajstić information content (AvgIpc) is 1.15. The van der Waals surface area contributed by atoms with Gasteiger partial charge in [0.1, 0.15) is 85.8 Å². The molecule has 0 amide bonds. The van der Waals surface area contributed by atoms with E-state index in [9.17, 15) is 15.3 Å². The third-order valence-electron chi connectivity index (χ3n) is 16.9. The summed E-state index contributed by atoms with van der Waals surface area (Å²) in [6.45, 7) is 2.73. The van der Waals surface area contributed by atoms with Gasteiger partial charge in [-0.05, 0) is 125 Å². The molecule has 0 aliphatic carbocycles. The lowest BCUT2D eigenvalue weighted by molar-refractivity contribution is 0.00377. The third-order valence-corrected chi connectivity index (χ3v) is 16.9. The molecule has 1 aliphatic heterocycles. The normalized spacial score (nSPS) is 15.6. The van der Waals surface area contributed by atoms with Crippen LogP contribution < -0.4 is 28.4 Å². The van der Waals surface area contributed by atoms with E-state index in [4.69, 9.17) is 28.4 Å². The molecule has 14 rings (SSSR count). The molecule has 1 heterocycles. The maximum atomic E-state index is 12.3. The van der Waals surface area contributed by atoms with Crippen molar-refractivity contribution in [3.05, 3.63) is 254 Å². The van der Waals surface area contributed by atoms with E-state index in [1.165, 1.54) is 0 Å². The molecular weight excluding hydrogens is 1110 g/mol. The molecule has 13 aromatic carbocycles. The van der Waals surface area contributed by atoms with Gasteiger partial charge in [-0.2, -0.15) is 0 Å². The average molecular weight is 1170 g/mol. The van der Waals surface area contributed by atoms with Crippen molar-refractivity contribution in [1.82, 2.24) is 4.90 Å². The van der Waals surface area contributed by atoms with E-state index in [-0.39, 0.29) is 52.7 Å². The lowest BCUT2D eigenvalue weighted by atomic mass is 9.92. The number of benzene rings is 13. The number of hydrogen-bond acceptors (Lipinski definition) is 10. The summed E-state index contributed by atoms with van der Waals surface area (Å²) in [6, 6.07) is 82.0. The van der Waals surface area contributed by atoms with Crippen LogP contribution in [-0.2, 0) is 13.2 Å². The Kier molecular flexibility index (Phi) is 16.2. The van der Waals surface area contributed by atoms with Crippen LogP contribution in [0.2, 0.25) is 0 Å². The lowest BCUT2D eigenvalue weighted by Gasteiger charge is -2.30. The van der Waals surface area contributed by atoms with Gasteiger partial charge in [0.15, 0.2) is 0 Å². The summed E-state index contributed by atoms with van der Waals surface area (Å²) in [4.78, 5) is 1.86. The Bertz CT molecular complexity index is 4530. The van der Waals surface area contributed by atoms with Crippen molar-refractivity contribution in [3.8, 4) is 67.9 Å². The Hall–Kier alpha value is -9.94. The largest absolute Gasteiger partial charge is 0.493 e. The lowest BCUT2D eigenvalue weighted by Crippen LogP contribution is -2.45. The monoisotopic (exact) mass is 1170 g/mol. The van der Waals surface area contributed by atoms with E-state index < -0.39 is 18.3 Å². The molecular formula is C79H67NO9. The summed E-state index contributed by atoms with van der Waals surface area (Å²) in [7, 11) is 0. The van der Waals surface area contributed by atoms with Gasteiger partial charge >= 0.3 is 0 Å². The first-order valence-corrected chi connectivity index (χ1v) is 30.5. The number of rotatable bonds is 8. The molecule has 0 fully saturated rings. The minimum absolute atomic E-state index is 0.0194. The van der Waals surface area contributed by atoms with Gasteiger partial charge in [0.25, 0.3) is 0 Å². The molecule has 0 saturated heterocycles. The summed E-state index contributed by atoms with van der Waals surface area (Å²) in [5.41, 5.74) is 7.10. The number of nitrogens with zero attached hydrogens (tertiary/aromatic N) is 1. The maximum Gasteiger partial charge on any atom is 0.128 e. The first kappa shape index (κ1) is 56.8. The second-order valence-corrected chi connectivity index (χ2v) is 22.9. The Morgan fingerprint density at radius 3 is 1.08 bits per heavy atom. The van der Waals surface area contributed by atoms with Crippen molar-refractivity contribution in [3.63, 3.8) is 0 Å². The van der Waals surface area contributed by atoms with E-state index in [2.05, 4.69) is 109 Å². The minimum atomic E-state index is -1.09. The number of aliphatic hydroxyl groups is 3. The zero-order valence-corrected chi connectivity index (χ0v) is 49.4. The highest BCUT2D eigenvalue weighted by atomic mass is 16.5. The fourth-order valence-electron chi connectivity index (χ4n) is 12.9. The highest BCUT2D eigenvalue weighted by Crippen LogP contribution is 2.49. The fraction of sp³-hybridized carbons (Fsp3) is 0.165. The van der Waals surface area contributed by atoms with Crippen molar-refractivity contribution < 1.29 is 43.7 Å². The first-order valence-electron chi connectivity index (χ1n) is 30.5. The Labute approximate surface area is 516 Å². The van der Waals surface area contributed by atoms with Crippen LogP contribution in [0.4, 0.5) is 0 Å². The summed E-state index contributed by atoms with van der Waals surface area (Å²) in [6.07, 6.45) is -3.27. The standard InChI is InChI=1S/C79H67NO9/c1-2-84-68-36-30-53-18-3-9-24-62(53)74(68)77-65-27-12-6-21-56(65)33-39-71(77)87-48-59(81)43-80-44-60(82)49-88-72-40-34-57-22-7-13-28-66(57)78(72)75-63-25-10-4-19-54(63)31-37-69(75)85-46-51-16-15-17-52(42-51)47-86-70-38-32-55-20-5-11-26-64(55)76(70)79-67-29-14-8-23-58(67)35-41-73(79)89-50-61(83)45-80/h3-42,59-61,81-83H,2,43-50H2,1H3. The molecule has 3 N–H and O–H groups in total. The summed E-state index contributed by atoms with van der Waals surface area (Å²) in [5.74, 6) is 3.79. The number of aliphatic hydroxyl groups excluding tert-OH is 3. The predicted octanol–water partition coefficient (Wildman–Crippen LogP) is 16.4. The van der Waals surface area contributed by atoms with Crippen molar-refractivity contribution in [2.24, 2.45) is 0 Å². The molecule has 2 bridgehead atoms. The molecule has 3 unspecified atom stereocenters. The van der Waals surface area contributed by atoms with E-state index in [0.717, 1.165) is 115 Å². The summed E-state index contributed by atoms with van der Waals surface area (Å²) >= 11 is 0. The van der Waals surface area contributed by atoms with Gasteiger partial charge in [0.05, 0.1) is 6.61 Å². The molecule has 0 saturated carbocycles. The Morgan fingerprint density at radius 1 is 0.382 bits per heavy atom. The van der Waals surface area contributed by atoms with Crippen LogP contribution in [-0.4, -0.2) is 84.6 Å². The number of β-amino-alcohol motifs (C(OH)–C–C–N with tert-alkyl or cyclic N) is 3. The second-order valence-electron chi connectivity index (χ2n) is 22.9. The molecule has 13 aromatic rings. The smallest absolute Gasteiger partial charge is 0.128 e. The molecule has 0 aromatic heterocycles.